The van der Waals surface area contributed by atoms with E-state index in [1.807, 2.05) is 0 Å². The topological polar surface area (TPSA) is 159 Å². The Kier molecular flexibility index (Phi) is 7.62. The van der Waals surface area contributed by atoms with E-state index in [2.05, 4.69) is 4.98 Å². The second kappa shape index (κ2) is 10.7. The van der Waals surface area contributed by atoms with Crippen LogP contribution in [0.2, 0.25) is 0 Å². The van der Waals surface area contributed by atoms with E-state index >= 15 is 4.39 Å². The van der Waals surface area contributed by atoms with Crippen LogP contribution >= 0.6 is 0 Å². The molecule has 12 nitrogen and oxygen atoms in total. The molecular weight excluding hydrogens is 481 g/mol. The highest BCUT2D eigenvalue weighted by molar-refractivity contribution is 5.88. The number of hydrogen-bond acceptors (Lipinski definition) is 10. The second-order valence-corrected chi connectivity index (χ2v) is 8.75. The predicted octanol–water partition coefficient (Wildman–Crippen LogP) is 0.259. The summed E-state index contributed by atoms with van der Waals surface area (Å²) in [5, 5.41) is 20.7. The molecule has 4 atom stereocenters. The standard InChI is InChI=1S/C23H26FN3O9/c24-23(12-34-21(32)15-7-4-9-25-11-15)18(30)17(29)19(36-23)26-10-8-16(28)27(22(26)33)13-35-20(31)14-5-2-1-3-6-14/h4,7-11,14,17-19,29-30H,1-3,5-6,12-13H2/t17-,18+,19-,23-/m1/s1. The molecule has 1 saturated heterocycles. The summed E-state index contributed by atoms with van der Waals surface area (Å²) in [6.45, 7) is -1.77. The summed E-state index contributed by atoms with van der Waals surface area (Å²) in [5.41, 5.74) is -1.83. The van der Waals surface area contributed by atoms with Crippen molar-refractivity contribution in [3.63, 3.8) is 0 Å². The number of carbonyl (C=O) groups excluding carboxylic acids is 2. The molecule has 2 N–H and O–H groups in total. The molecule has 0 radical (unpaired) electrons. The van der Waals surface area contributed by atoms with Crippen LogP contribution < -0.4 is 11.2 Å². The van der Waals surface area contributed by atoms with Gasteiger partial charge in [-0.3, -0.25) is 19.1 Å². The van der Waals surface area contributed by atoms with Gasteiger partial charge in [-0.25, -0.2) is 18.5 Å². The van der Waals surface area contributed by atoms with Gasteiger partial charge in [0.05, 0.1) is 11.5 Å². The Labute approximate surface area is 203 Å². The molecule has 2 aromatic rings. The SMILES string of the molecule is O=C(OC[C@@]1(F)O[C@@H](n2ccc(=O)n(COC(=O)C3CCCCC3)c2=O)[C@H](O)[C@@H]1O)c1cccnc1. The van der Waals surface area contributed by atoms with Gasteiger partial charge in [-0.1, -0.05) is 19.3 Å². The van der Waals surface area contributed by atoms with Gasteiger partial charge >= 0.3 is 17.6 Å². The van der Waals surface area contributed by atoms with Crippen molar-refractivity contribution in [2.75, 3.05) is 6.61 Å². The number of aromatic nitrogens is 3. The summed E-state index contributed by atoms with van der Waals surface area (Å²) in [6.07, 6.45) is 1.79. The lowest BCUT2D eigenvalue weighted by molar-refractivity contribution is -0.207. The van der Waals surface area contributed by atoms with E-state index in [-0.39, 0.29) is 11.5 Å². The summed E-state index contributed by atoms with van der Waals surface area (Å²) < 4.78 is 31.8. The number of rotatable bonds is 7. The van der Waals surface area contributed by atoms with E-state index in [1.54, 1.807) is 0 Å². The molecule has 3 heterocycles. The van der Waals surface area contributed by atoms with Crippen molar-refractivity contribution >= 4 is 11.9 Å². The third-order valence-corrected chi connectivity index (χ3v) is 6.32. The Morgan fingerprint density at radius 3 is 2.61 bits per heavy atom. The van der Waals surface area contributed by atoms with E-state index in [1.165, 1.54) is 24.5 Å². The van der Waals surface area contributed by atoms with Gasteiger partial charge in [0.25, 0.3) is 11.4 Å². The number of aliphatic hydroxyl groups excluding tert-OH is 2. The molecule has 2 aliphatic rings. The number of nitrogens with zero attached hydrogens (tertiary/aromatic N) is 3. The third kappa shape index (κ3) is 5.22. The van der Waals surface area contributed by atoms with Crippen molar-refractivity contribution in [2.24, 2.45) is 5.92 Å². The van der Waals surface area contributed by atoms with Crippen molar-refractivity contribution in [3.8, 4) is 0 Å². The van der Waals surface area contributed by atoms with Gasteiger partial charge in [-0.2, -0.15) is 0 Å². The molecule has 1 aliphatic carbocycles. The summed E-state index contributed by atoms with van der Waals surface area (Å²) in [6, 6.07) is 3.79. The minimum Gasteiger partial charge on any atom is -0.456 e. The van der Waals surface area contributed by atoms with Crippen molar-refractivity contribution in [3.05, 3.63) is 63.2 Å². The molecule has 2 fully saturated rings. The number of hydrogen-bond donors (Lipinski definition) is 2. The van der Waals surface area contributed by atoms with Gasteiger partial charge in [0.1, 0.15) is 12.2 Å². The molecule has 0 unspecified atom stereocenters. The van der Waals surface area contributed by atoms with Crippen molar-refractivity contribution in [1.29, 1.82) is 0 Å². The zero-order chi connectivity index (χ0) is 25.9. The van der Waals surface area contributed by atoms with Crippen LogP contribution in [-0.2, 0) is 25.7 Å². The van der Waals surface area contributed by atoms with E-state index in [0.717, 1.165) is 31.5 Å². The Bertz CT molecular complexity index is 1210. The predicted molar refractivity (Wildman–Crippen MR) is 118 cm³/mol. The summed E-state index contributed by atoms with van der Waals surface area (Å²) in [4.78, 5) is 53.3. The van der Waals surface area contributed by atoms with Crippen LogP contribution in [0.3, 0.4) is 0 Å². The molecule has 0 spiro atoms. The maximum Gasteiger partial charge on any atom is 0.339 e. The van der Waals surface area contributed by atoms with Crippen LogP contribution in [0, 0.1) is 5.92 Å². The highest BCUT2D eigenvalue weighted by atomic mass is 19.2. The van der Waals surface area contributed by atoms with Gasteiger partial charge in [0, 0.05) is 24.7 Å². The van der Waals surface area contributed by atoms with Crippen LogP contribution in [-0.4, -0.2) is 60.9 Å². The molecule has 194 valence electrons. The van der Waals surface area contributed by atoms with Crippen molar-refractivity contribution in [2.45, 2.75) is 63.1 Å². The fraction of sp³-hybridized carbons (Fsp3) is 0.522. The Hall–Kier alpha value is -3.42. The number of ether oxygens (including phenoxy) is 3. The zero-order valence-electron chi connectivity index (χ0n) is 19.2. The maximum absolute atomic E-state index is 15.4. The van der Waals surface area contributed by atoms with Gasteiger partial charge in [0.15, 0.2) is 19.6 Å². The molecule has 2 aromatic heterocycles. The first kappa shape index (κ1) is 25.7. The lowest BCUT2D eigenvalue weighted by Crippen LogP contribution is -2.44. The molecule has 1 saturated carbocycles. The number of esters is 2. The minimum absolute atomic E-state index is 0.0248. The monoisotopic (exact) mass is 507 g/mol. The molecule has 0 aromatic carbocycles. The van der Waals surface area contributed by atoms with E-state index < -0.39 is 60.8 Å². The molecule has 4 rings (SSSR count). The maximum atomic E-state index is 15.4. The minimum atomic E-state index is -3.06. The van der Waals surface area contributed by atoms with Crippen molar-refractivity contribution < 1.29 is 38.4 Å². The van der Waals surface area contributed by atoms with Gasteiger partial charge in [0.2, 0.25) is 0 Å². The van der Waals surface area contributed by atoms with Crippen molar-refractivity contribution in [1.82, 2.24) is 14.1 Å². The average molecular weight is 507 g/mol. The van der Waals surface area contributed by atoms with E-state index in [0.29, 0.717) is 22.0 Å². The zero-order valence-corrected chi connectivity index (χ0v) is 19.2. The lowest BCUT2D eigenvalue weighted by atomic mass is 9.89. The largest absolute Gasteiger partial charge is 0.456 e. The van der Waals surface area contributed by atoms with Crippen LogP contribution in [0.15, 0.2) is 46.4 Å². The molecule has 13 heteroatoms. The van der Waals surface area contributed by atoms with Crippen LogP contribution in [0.4, 0.5) is 4.39 Å². The molecule has 1 aliphatic heterocycles. The number of alkyl halides is 1. The Morgan fingerprint density at radius 1 is 1.17 bits per heavy atom. The summed E-state index contributed by atoms with van der Waals surface area (Å²) >= 11 is 0. The smallest absolute Gasteiger partial charge is 0.339 e. The van der Waals surface area contributed by atoms with Gasteiger partial charge < -0.3 is 24.4 Å². The number of aliphatic hydroxyl groups is 2. The van der Waals surface area contributed by atoms with Gasteiger partial charge in [-0.05, 0) is 25.0 Å². The second-order valence-electron chi connectivity index (χ2n) is 8.75. The molecule has 0 amide bonds. The summed E-state index contributed by atoms with van der Waals surface area (Å²) in [7, 11) is 0. The Balaban J connectivity index is 1.47. The molecule has 36 heavy (non-hydrogen) atoms. The fourth-order valence-electron chi connectivity index (χ4n) is 4.25. The number of halogens is 1. The number of carbonyl (C=O) groups is 2. The Morgan fingerprint density at radius 2 is 1.92 bits per heavy atom. The average Bonchev–Trinajstić information content (AvgIpc) is 3.12. The molecular formula is C23H26FN3O9. The summed E-state index contributed by atoms with van der Waals surface area (Å²) in [5.74, 6) is -4.84. The third-order valence-electron chi connectivity index (χ3n) is 6.32. The first-order valence-electron chi connectivity index (χ1n) is 11.5. The van der Waals surface area contributed by atoms with Gasteiger partial charge in [-0.15, -0.1) is 0 Å². The first-order valence-corrected chi connectivity index (χ1v) is 11.5. The van der Waals surface area contributed by atoms with E-state index in [4.69, 9.17) is 14.2 Å². The quantitative estimate of drug-likeness (QED) is 0.498. The number of pyridine rings is 1. The van der Waals surface area contributed by atoms with E-state index in [9.17, 15) is 29.4 Å². The highest BCUT2D eigenvalue weighted by Crippen LogP contribution is 2.38. The highest BCUT2D eigenvalue weighted by Gasteiger charge is 2.57. The van der Waals surface area contributed by atoms with Crippen LogP contribution in [0.1, 0.15) is 48.7 Å². The normalized spacial score (nSPS) is 26.5. The lowest BCUT2D eigenvalue weighted by Gasteiger charge is -2.23. The van der Waals surface area contributed by atoms with Crippen LogP contribution in [0.25, 0.3) is 0 Å². The fourth-order valence-corrected chi connectivity index (χ4v) is 4.25. The van der Waals surface area contributed by atoms with Crippen LogP contribution in [0.5, 0.6) is 0 Å². The first-order chi connectivity index (χ1) is 17.2. The molecule has 0 bridgehead atoms.